The molecule has 2 unspecified atom stereocenters. The van der Waals surface area contributed by atoms with E-state index >= 15 is 0 Å². The number of hydrogen-bond acceptors (Lipinski definition) is 13. The number of nitrogens with zero attached hydrogens (tertiary/aromatic N) is 1. The third-order valence-electron chi connectivity index (χ3n) is 14.5. The van der Waals surface area contributed by atoms with Crippen molar-refractivity contribution in [2.75, 3.05) is 34.4 Å². The Morgan fingerprint density at radius 1 is 0.935 bits per heavy atom. The van der Waals surface area contributed by atoms with Gasteiger partial charge in [-0.1, -0.05) is 76.8 Å². The predicted molar refractivity (Wildman–Crippen MR) is 236 cm³/mol. The Bertz CT molecular complexity index is 1690. The molecule has 4 aliphatic rings. The van der Waals surface area contributed by atoms with E-state index in [1.807, 2.05) is 117 Å². The lowest BCUT2D eigenvalue weighted by molar-refractivity contribution is -0.320. The average molecular weight is 872 g/mol. The number of rotatable bonds is 11. The van der Waals surface area contributed by atoms with Gasteiger partial charge in [0.15, 0.2) is 12.6 Å². The minimum atomic E-state index is -1.25. The van der Waals surface area contributed by atoms with Crippen molar-refractivity contribution in [2.24, 2.45) is 29.6 Å². The highest BCUT2D eigenvalue weighted by Crippen LogP contribution is 2.47. The lowest BCUT2D eigenvalue weighted by Crippen LogP contribution is -2.61. The third-order valence-corrected chi connectivity index (χ3v) is 14.5. The summed E-state index contributed by atoms with van der Waals surface area (Å²) >= 11 is 0. The molecule has 62 heavy (non-hydrogen) atoms. The molecule has 0 aliphatic carbocycles. The highest BCUT2D eigenvalue weighted by molar-refractivity contribution is 5.84. The second kappa shape index (κ2) is 20.7. The molecule has 4 saturated heterocycles. The second-order valence-electron chi connectivity index (χ2n) is 19.5. The molecule has 4 aliphatic heterocycles. The van der Waals surface area contributed by atoms with E-state index in [1.54, 1.807) is 21.0 Å². The number of ketones is 1. The van der Waals surface area contributed by atoms with E-state index in [9.17, 15) is 19.8 Å². The standard InChI is InChI=1S/C49H77NO12/c1-15-37-49(11)39(29(3)27-57-49)31(5)40(51)28(2)25-48(10,56-23-19-22-35-20-17-16-18-21-35)44(62-46-41(52)36(50(12)13)24-30(4)58-46)32(6)42(33(7)45(54)60-37)61-38-26-47(9,55-14)43(53)34(8)59-38/h16-22,28,30-34,36-39,41-44,46,52-53H,3,15,23-27H2,1-2,4-14H3/b22-19+/t28-,30-,31?,32+,33-,34+,36+,37-,38?,39+,41-,42+,43+,44-,46+,47-,48-,49-/m1/s1. The topological polar surface area (TPSA) is 152 Å². The van der Waals surface area contributed by atoms with Crippen LogP contribution in [0.3, 0.4) is 0 Å². The number of aliphatic hydroxyl groups is 2. The number of carbonyl (C=O) groups excluding carboxylic acids is 2. The number of benzene rings is 1. The van der Waals surface area contributed by atoms with Crippen molar-refractivity contribution in [3.63, 3.8) is 0 Å². The molecular weight excluding hydrogens is 795 g/mol. The first-order valence-corrected chi connectivity index (χ1v) is 22.7. The van der Waals surface area contributed by atoms with Gasteiger partial charge in [-0.3, -0.25) is 9.59 Å². The van der Waals surface area contributed by atoms with Crippen LogP contribution in [0.2, 0.25) is 0 Å². The molecule has 350 valence electrons. The van der Waals surface area contributed by atoms with Crippen LogP contribution in [-0.4, -0.2) is 139 Å². The number of fused-ring (bicyclic) bond motifs is 1. The van der Waals surface area contributed by atoms with E-state index < -0.39 is 102 Å². The normalized spacial score (nSPS) is 44.0. The van der Waals surface area contributed by atoms with Crippen molar-refractivity contribution in [3.05, 3.63) is 54.1 Å². The molecule has 4 fully saturated rings. The number of ether oxygens (including phenoxy) is 8. The first-order valence-electron chi connectivity index (χ1n) is 22.7. The smallest absolute Gasteiger partial charge is 0.311 e. The molecule has 13 nitrogen and oxygen atoms in total. The van der Waals surface area contributed by atoms with Gasteiger partial charge in [0.05, 0.1) is 54.7 Å². The Balaban J connectivity index is 1.68. The summed E-state index contributed by atoms with van der Waals surface area (Å²) in [6.07, 6.45) is -2.26. The molecule has 18 atom stereocenters. The first kappa shape index (κ1) is 50.4. The third kappa shape index (κ3) is 10.8. The highest BCUT2D eigenvalue weighted by Gasteiger charge is 2.57. The summed E-state index contributed by atoms with van der Waals surface area (Å²) in [5, 5.41) is 23.1. The minimum Gasteiger partial charge on any atom is -0.459 e. The lowest BCUT2D eigenvalue weighted by Gasteiger charge is -2.50. The van der Waals surface area contributed by atoms with Crippen LogP contribution in [0.15, 0.2) is 48.6 Å². The summed E-state index contributed by atoms with van der Waals surface area (Å²) in [5.74, 6) is -3.66. The number of hydrogen-bond donors (Lipinski definition) is 2. The fraction of sp³-hybridized carbons (Fsp3) is 0.755. The number of methoxy groups -OCH3 is 1. The Morgan fingerprint density at radius 2 is 1.61 bits per heavy atom. The van der Waals surface area contributed by atoms with Crippen LogP contribution in [0.5, 0.6) is 0 Å². The van der Waals surface area contributed by atoms with Crippen LogP contribution < -0.4 is 0 Å². The van der Waals surface area contributed by atoms with Crippen LogP contribution in [0.4, 0.5) is 0 Å². The Labute approximate surface area is 370 Å². The lowest BCUT2D eigenvalue weighted by atomic mass is 9.69. The van der Waals surface area contributed by atoms with Gasteiger partial charge in [0.1, 0.15) is 29.7 Å². The number of cyclic esters (lactones) is 1. The van der Waals surface area contributed by atoms with E-state index in [4.69, 9.17) is 37.9 Å². The van der Waals surface area contributed by atoms with Crippen LogP contribution in [0, 0.1) is 29.6 Å². The highest BCUT2D eigenvalue weighted by atomic mass is 16.7. The number of likely N-dealkylation sites (N-methyl/N-ethyl adjacent to an activating group) is 1. The fourth-order valence-electron chi connectivity index (χ4n) is 10.8. The van der Waals surface area contributed by atoms with Crippen molar-refractivity contribution in [2.45, 2.75) is 173 Å². The Hall–Kier alpha value is -2.56. The summed E-state index contributed by atoms with van der Waals surface area (Å²) in [6, 6.07) is 9.61. The maximum Gasteiger partial charge on any atom is 0.311 e. The zero-order valence-electron chi connectivity index (χ0n) is 39.6. The second-order valence-corrected chi connectivity index (χ2v) is 19.5. The van der Waals surface area contributed by atoms with E-state index in [0.29, 0.717) is 12.8 Å². The molecular formula is C49H77NO12. The van der Waals surface area contributed by atoms with Gasteiger partial charge in [-0.15, -0.1) is 0 Å². The van der Waals surface area contributed by atoms with E-state index in [-0.39, 0.29) is 44.0 Å². The van der Waals surface area contributed by atoms with Crippen molar-refractivity contribution >= 4 is 17.8 Å². The zero-order valence-corrected chi connectivity index (χ0v) is 39.6. The van der Waals surface area contributed by atoms with E-state index in [2.05, 4.69) is 6.58 Å². The fourth-order valence-corrected chi connectivity index (χ4v) is 10.8. The van der Waals surface area contributed by atoms with E-state index in [1.165, 1.54) is 0 Å². The predicted octanol–water partition coefficient (Wildman–Crippen LogP) is 6.37. The molecule has 0 aromatic heterocycles. The van der Waals surface area contributed by atoms with Crippen LogP contribution in [-0.2, 0) is 47.5 Å². The van der Waals surface area contributed by atoms with Crippen molar-refractivity contribution < 1.29 is 57.7 Å². The number of Topliss-reactive ketones (excluding diaryl/α,β-unsaturated/α-hetero) is 1. The molecule has 0 saturated carbocycles. The van der Waals surface area contributed by atoms with Gasteiger partial charge in [0.2, 0.25) is 0 Å². The first-order chi connectivity index (χ1) is 29.1. The number of esters is 1. The van der Waals surface area contributed by atoms with Gasteiger partial charge in [-0.25, -0.2) is 0 Å². The van der Waals surface area contributed by atoms with Crippen molar-refractivity contribution in [1.82, 2.24) is 4.90 Å². The van der Waals surface area contributed by atoms with E-state index in [0.717, 1.165) is 11.1 Å². The molecule has 4 heterocycles. The van der Waals surface area contributed by atoms with Gasteiger partial charge in [0, 0.05) is 43.2 Å². The molecule has 1 aromatic carbocycles. The average Bonchev–Trinajstić information content (AvgIpc) is 3.54. The molecule has 2 N–H and O–H groups in total. The largest absolute Gasteiger partial charge is 0.459 e. The monoisotopic (exact) mass is 872 g/mol. The SMILES string of the molecule is C=C1CO[C@]2(C)[C@@H](CC)OC(=O)[C@H](C)[C@@H](OC3C[C@@](C)(OC)[C@@H](O)[C@H](C)O3)[C@H](C)[C@@H](O[C@@H]3O[C@H](C)C[C@H](N(C)C)[C@H]3O)[C@](C)(OC/C=C/c3ccccc3)C[C@@H](C)C(=O)C(C)[C@H]12. The van der Waals surface area contributed by atoms with Gasteiger partial charge in [-0.05, 0) is 86.0 Å². The Morgan fingerprint density at radius 3 is 2.24 bits per heavy atom. The van der Waals surface area contributed by atoms with Gasteiger partial charge in [0.25, 0.3) is 0 Å². The molecule has 0 spiro atoms. The molecule has 0 radical (unpaired) electrons. The molecule has 1 aromatic rings. The minimum absolute atomic E-state index is 0.00872. The molecule has 13 heteroatoms. The molecule has 5 rings (SSSR count). The maximum atomic E-state index is 14.9. The number of aliphatic hydroxyl groups excluding tert-OH is 2. The molecule has 0 amide bonds. The van der Waals surface area contributed by atoms with Crippen LogP contribution in [0.1, 0.15) is 100 Å². The van der Waals surface area contributed by atoms with Crippen molar-refractivity contribution in [3.8, 4) is 0 Å². The summed E-state index contributed by atoms with van der Waals surface area (Å²) in [6.45, 7) is 23.6. The van der Waals surface area contributed by atoms with Crippen molar-refractivity contribution in [1.29, 1.82) is 0 Å². The molecule has 0 bridgehead atoms. The van der Waals surface area contributed by atoms with Gasteiger partial charge < -0.3 is 53.0 Å². The van der Waals surface area contributed by atoms with Gasteiger partial charge >= 0.3 is 5.97 Å². The van der Waals surface area contributed by atoms with Gasteiger partial charge in [-0.2, -0.15) is 0 Å². The summed E-state index contributed by atoms with van der Waals surface area (Å²) in [4.78, 5) is 31.6. The summed E-state index contributed by atoms with van der Waals surface area (Å²) in [7, 11) is 5.37. The van der Waals surface area contributed by atoms with Crippen LogP contribution in [0.25, 0.3) is 6.08 Å². The quantitative estimate of drug-likeness (QED) is 0.187. The summed E-state index contributed by atoms with van der Waals surface area (Å²) in [5.41, 5.74) is -1.52. The summed E-state index contributed by atoms with van der Waals surface area (Å²) < 4.78 is 52.6. The maximum absolute atomic E-state index is 14.9. The number of carbonyl (C=O) groups is 2. The van der Waals surface area contributed by atoms with Crippen LogP contribution >= 0.6 is 0 Å². The zero-order chi connectivity index (χ0) is 45.9. The Kier molecular flexibility index (Phi) is 16.9.